The van der Waals surface area contributed by atoms with Crippen molar-refractivity contribution in [2.24, 2.45) is 0 Å². The van der Waals surface area contributed by atoms with Gasteiger partial charge in [-0.25, -0.2) is 4.79 Å². The molecule has 0 aromatic heterocycles. The lowest BCUT2D eigenvalue weighted by Gasteiger charge is -2.12. The zero-order chi connectivity index (χ0) is 19.6. The fourth-order valence-electron chi connectivity index (χ4n) is 2.49. The first-order valence-electron chi connectivity index (χ1n) is 9.79. The minimum absolute atomic E-state index is 0.0934. The van der Waals surface area contributed by atoms with Crippen LogP contribution >= 0.6 is 0 Å². The summed E-state index contributed by atoms with van der Waals surface area (Å²) in [5.74, 6) is -1.95. The number of esters is 1. The van der Waals surface area contributed by atoms with E-state index in [1.54, 1.807) is 0 Å². The SMILES string of the molecule is C=C(CC(=O)O)C(=O)OCC(O)COCCCCCCCCCCCC. The van der Waals surface area contributed by atoms with Crippen LogP contribution in [0, 0.1) is 0 Å². The molecule has 0 saturated carbocycles. The molecule has 0 aromatic rings. The molecule has 0 aliphatic carbocycles. The average Bonchev–Trinajstić information content (AvgIpc) is 2.60. The largest absolute Gasteiger partial charge is 0.481 e. The summed E-state index contributed by atoms with van der Waals surface area (Å²) < 4.78 is 10.2. The fraction of sp³-hybridized carbons (Fsp3) is 0.800. The molecular weight excluding hydrogens is 336 g/mol. The third-order valence-corrected chi connectivity index (χ3v) is 4.01. The fourth-order valence-corrected chi connectivity index (χ4v) is 2.49. The van der Waals surface area contributed by atoms with Crippen molar-refractivity contribution in [1.82, 2.24) is 0 Å². The molecule has 1 unspecified atom stereocenters. The van der Waals surface area contributed by atoms with E-state index < -0.39 is 24.5 Å². The van der Waals surface area contributed by atoms with Gasteiger partial charge in [0.2, 0.25) is 0 Å². The van der Waals surface area contributed by atoms with Gasteiger partial charge in [-0.05, 0) is 6.42 Å². The van der Waals surface area contributed by atoms with E-state index in [9.17, 15) is 14.7 Å². The second-order valence-electron chi connectivity index (χ2n) is 6.68. The summed E-state index contributed by atoms with van der Waals surface area (Å²) in [5, 5.41) is 18.2. The van der Waals surface area contributed by atoms with Gasteiger partial charge in [-0.3, -0.25) is 4.79 Å². The van der Waals surface area contributed by atoms with E-state index in [1.165, 1.54) is 51.4 Å². The predicted octanol–water partition coefficient (Wildman–Crippen LogP) is 3.86. The normalized spacial score (nSPS) is 11.9. The minimum Gasteiger partial charge on any atom is -0.481 e. The summed E-state index contributed by atoms with van der Waals surface area (Å²) >= 11 is 0. The molecule has 26 heavy (non-hydrogen) atoms. The monoisotopic (exact) mass is 372 g/mol. The number of unbranched alkanes of at least 4 members (excludes halogenated alkanes) is 9. The number of carbonyl (C=O) groups is 2. The zero-order valence-electron chi connectivity index (χ0n) is 16.2. The maximum Gasteiger partial charge on any atom is 0.334 e. The van der Waals surface area contributed by atoms with Crippen molar-refractivity contribution in [2.45, 2.75) is 83.7 Å². The van der Waals surface area contributed by atoms with Gasteiger partial charge < -0.3 is 19.7 Å². The first-order chi connectivity index (χ1) is 12.5. The molecule has 0 bridgehead atoms. The Kier molecular flexibility index (Phi) is 16.1. The molecule has 6 nitrogen and oxygen atoms in total. The van der Waals surface area contributed by atoms with Crippen LogP contribution in [0.3, 0.4) is 0 Å². The van der Waals surface area contributed by atoms with Crippen LogP contribution < -0.4 is 0 Å². The highest BCUT2D eigenvalue weighted by atomic mass is 16.5. The molecule has 0 aliphatic rings. The lowest BCUT2D eigenvalue weighted by atomic mass is 10.1. The van der Waals surface area contributed by atoms with Crippen molar-refractivity contribution in [2.75, 3.05) is 19.8 Å². The first-order valence-corrected chi connectivity index (χ1v) is 9.79. The Morgan fingerprint density at radius 2 is 1.46 bits per heavy atom. The summed E-state index contributed by atoms with van der Waals surface area (Å²) in [7, 11) is 0. The Labute approximate surface area is 157 Å². The second kappa shape index (κ2) is 17.0. The lowest BCUT2D eigenvalue weighted by molar-refractivity contribution is -0.145. The molecule has 1 atom stereocenters. The quantitative estimate of drug-likeness (QED) is 0.216. The van der Waals surface area contributed by atoms with Crippen molar-refractivity contribution in [3.05, 3.63) is 12.2 Å². The van der Waals surface area contributed by atoms with Crippen LogP contribution in [0.1, 0.15) is 77.6 Å². The van der Waals surface area contributed by atoms with Crippen LogP contribution in [0.2, 0.25) is 0 Å². The highest BCUT2D eigenvalue weighted by Crippen LogP contribution is 2.10. The number of rotatable bonds is 18. The molecule has 6 heteroatoms. The Morgan fingerprint density at radius 1 is 0.923 bits per heavy atom. The van der Waals surface area contributed by atoms with E-state index in [2.05, 4.69) is 13.5 Å². The van der Waals surface area contributed by atoms with Crippen LogP contribution in [-0.4, -0.2) is 48.1 Å². The number of hydrogen-bond acceptors (Lipinski definition) is 5. The Hall–Kier alpha value is -1.40. The van der Waals surface area contributed by atoms with E-state index in [0.29, 0.717) is 6.61 Å². The Bertz CT molecular complexity index is 394. The van der Waals surface area contributed by atoms with Gasteiger partial charge in [0, 0.05) is 12.2 Å². The Balaban J connectivity index is 3.41. The third kappa shape index (κ3) is 16.1. The van der Waals surface area contributed by atoms with Crippen LogP contribution in [0.4, 0.5) is 0 Å². The van der Waals surface area contributed by atoms with Crippen LogP contribution in [-0.2, 0) is 19.1 Å². The molecule has 0 fully saturated rings. The zero-order valence-corrected chi connectivity index (χ0v) is 16.2. The summed E-state index contributed by atoms with van der Waals surface area (Å²) in [6.07, 6.45) is 11.2. The van der Waals surface area contributed by atoms with Gasteiger partial charge in [-0.15, -0.1) is 0 Å². The number of carboxylic acid groups (broad SMARTS) is 1. The maximum atomic E-state index is 11.4. The predicted molar refractivity (Wildman–Crippen MR) is 101 cm³/mol. The summed E-state index contributed by atoms with van der Waals surface area (Å²) in [6.45, 7) is 6.01. The Morgan fingerprint density at radius 3 is 2.00 bits per heavy atom. The van der Waals surface area contributed by atoms with E-state index in [0.717, 1.165) is 12.8 Å². The van der Waals surface area contributed by atoms with Crippen LogP contribution in [0.5, 0.6) is 0 Å². The average molecular weight is 373 g/mol. The molecule has 0 saturated heterocycles. The molecule has 152 valence electrons. The van der Waals surface area contributed by atoms with Crippen LogP contribution in [0.15, 0.2) is 12.2 Å². The highest BCUT2D eigenvalue weighted by Gasteiger charge is 2.14. The van der Waals surface area contributed by atoms with Crippen molar-refractivity contribution < 1.29 is 29.3 Å². The molecule has 0 spiro atoms. The van der Waals surface area contributed by atoms with E-state index in [-0.39, 0.29) is 18.8 Å². The minimum atomic E-state index is -1.15. The molecule has 0 aromatic carbocycles. The van der Waals surface area contributed by atoms with Gasteiger partial charge in [-0.1, -0.05) is 71.3 Å². The third-order valence-electron chi connectivity index (χ3n) is 4.01. The molecule has 0 rings (SSSR count). The summed E-state index contributed by atoms with van der Waals surface area (Å²) in [6, 6.07) is 0. The standard InChI is InChI=1S/C20H36O6/c1-3-4-5-6-7-8-9-10-11-12-13-25-15-18(21)16-26-20(24)17(2)14-19(22)23/h18,21H,2-16H2,1H3,(H,22,23). The first kappa shape index (κ1) is 24.6. The van der Waals surface area contributed by atoms with Crippen molar-refractivity contribution in [1.29, 1.82) is 0 Å². The van der Waals surface area contributed by atoms with Crippen molar-refractivity contribution >= 4 is 11.9 Å². The molecule has 0 radical (unpaired) electrons. The number of aliphatic hydroxyl groups is 1. The number of carbonyl (C=O) groups excluding carboxylic acids is 1. The number of ether oxygens (including phenoxy) is 2. The van der Waals surface area contributed by atoms with Gasteiger partial charge in [0.05, 0.1) is 13.0 Å². The number of aliphatic carboxylic acids is 1. The maximum absolute atomic E-state index is 11.4. The summed E-state index contributed by atoms with van der Waals surface area (Å²) in [4.78, 5) is 21.9. The second-order valence-corrected chi connectivity index (χ2v) is 6.68. The number of hydrogen-bond donors (Lipinski definition) is 2. The van der Waals surface area contributed by atoms with Crippen molar-refractivity contribution in [3.63, 3.8) is 0 Å². The van der Waals surface area contributed by atoms with Crippen LogP contribution in [0.25, 0.3) is 0 Å². The molecular formula is C20H36O6. The molecule has 0 aliphatic heterocycles. The molecule has 0 heterocycles. The molecule has 0 amide bonds. The number of aliphatic hydroxyl groups excluding tert-OH is 1. The number of carboxylic acids is 1. The highest BCUT2D eigenvalue weighted by molar-refractivity contribution is 5.92. The van der Waals surface area contributed by atoms with Crippen molar-refractivity contribution in [3.8, 4) is 0 Å². The smallest absolute Gasteiger partial charge is 0.334 e. The summed E-state index contributed by atoms with van der Waals surface area (Å²) in [5.41, 5.74) is -0.143. The lowest BCUT2D eigenvalue weighted by Crippen LogP contribution is -2.24. The van der Waals surface area contributed by atoms with Gasteiger partial charge in [0.1, 0.15) is 12.7 Å². The van der Waals surface area contributed by atoms with Gasteiger partial charge in [0.25, 0.3) is 0 Å². The molecule has 2 N–H and O–H groups in total. The van der Waals surface area contributed by atoms with E-state index in [1.807, 2.05) is 0 Å². The van der Waals surface area contributed by atoms with Gasteiger partial charge >= 0.3 is 11.9 Å². The van der Waals surface area contributed by atoms with Gasteiger partial charge in [-0.2, -0.15) is 0 Å². The topological polar surface area (TPSA) is 93.1 Å². The van der Waals surface area contributed by atoms with E-state index >= 15 is 0 Å². The van der Waals surface area contributed by atoms with E-state index in [4.69, 9.17) is 14.6 Å². The van der Waals surface area contributed by atoms with Gasteiger partial charge in [0.15, 0.2) is 0 Å².